The molecule has 0 spiro atoms. The molecule has 1 N–H and O–H groups in total. The Morgan fingerprint density at radius 2 is 2.17 bits per heavy atom. The van der Waals surface area contributed by atoms with E-state index in [1.165, 1.54) is 0 Å². The molecule has 1 atom stereocenters. The second-order valence-electron chi connectivity index (χ2n) is 6.11. The van der Waals surface area contributed by atoms with Crippen LogP contribution in [0.25, 0.3) is 10.2 Å². The van der Waals surface area contributed by atoms with E-state index in [1.807, 2.05) is 48.6 Å². The standard InChI is InChI=1S/C16H18N6OS/c1-9-19-20-15-8-21(3)13(7-22(9)15)16(23)18-11-4-5-14-12(6-11)17-10(2)24-14/h4-6,13H,7-8H2,1-3H3,(H,18,23). The number of thiazole rings is 1. The van der Waals surface area contributed by atoms with E-state index in [1.54, 1.807) is 11.3 Å². The minimum atomic E-state index is -0.250. The van der Waals surface area contributed by atoms with Crippen molar-refractivity contribution in [3.63, 3.8) is 0 Å². The smallest absolute Gasteiger partial charge is 0.243 e. The van der Waals surface area contributed by atoms with Crippen molar-refractivity contribution < 1.29 is 4.79 Å². The third-order valence-electron chi connectivity index (χ3n) is 4.36. The van der Waals surface area contributed by atoms with Gasteiger partial charge in [-0.05, 0) is 39.1 Å². The van der Waals surface area contributed by atoms with Gasteiger partial charge in [0.2, 0.25) is 5.91 Å². The molecule has 8 heteroatoms. The fraction of sp³-hybridized carbons (Fsp3) is 0.375. The number of carbonyl (C=O) groups is 1. The molecule has 0 saturated carbocycles. The normalized spacial score (nSPS) is 17.9. The van der Waals surface area contributed by atoms with Crippen LogP contribution < -0.4 is 5.32 Å². The van der Waals surface area contributed by atoms with Crippen LogP contribution in [0.4, 0.5) is 5.69 Å². The molecule has 7 nitrogen and oxygen atoms in total. The Hall–Kier alpha value is -2.32. The average Bonchev–Trinajstić information content (AvgIpc) is 3.08. The van der Waals surface area contributed by atoms with E-state index in [-0.39, 0.29) is 11.9 Å². The molecule has 0 aliphatic carbocycles. The van der Waals surface area contributed by atoms with Crippen LogP contribution in [0, 0.1) is 13.8 Å². The third-order valence-corrected chi connectivity index (χ3v) is 5.31. The predicted molar refractivity (Wildman–Crippen MR) is 93.0 cm³/mol. The molecule has 2 aromatic heterocycles. The largest absolute Gasteiger partial charge is 0.325 e. The molecule has 1 aliphatic rings. The second-order valence-corrected chi connectivity index (χ2v) is 7.34. The zero-order chi connectivity index (χ0) is 16.8. The second kappa shape index (κ2) is 5.64. The van der Waals surface area contributed by atoms with Crippen molar-refractivity contribution in [2.45, 2.75) is 33.0 Å². The minimum Gasteiger partial charge on any atom is -0.325 e. The van der Waals surface area contributed by atoms with Crippen molar-refractivity contribution in [1.29, 1.82) is 0 Å². The molecular weight excluding hydrogens is 324 g/mol. The summed E-state index contributed by atoms with van der Waals surface area (Å²) in [6.07, 6.45) is 0. The Morgan fingerprint density at radius 3 is 3.00 bits per heavy atom. The van der Waals surface area contributed by atoms with E-state index in [2.05, 4.69) is 20.5 Å². The first-order valence-electron chi connectivity index (χ1n) is 7.78. The van der Waals surface area contributed by atoms with Crippen molar-refractivity contribution in [1.82, 2.24) is 24.6 Å². The van der Waals surface area contributed by atoms with Crippen molar-refractivity contribution in [2.75, 3.05) is 12.4 Å². The Bertz CT molecular complexity index is 930. The maximum absolute atomic E-state index is 12.7. The van der Waals surface area contributed by atoms with Gasteiger partial charge in [-0.3, -0.25) is 9.69 Å². The Labute approximate surface area is 143 Å². The lowest BCUT2D eigenvalue weighted by Gasteiger charge is -2.32. The number of aryl methyl sites for hydroxylation is 2. The van der Waals surface area contributed by atoms with Crippen LogP contribution >= 0.6 is 11.3 Å². The van der Waals surface area contributed by atoms with E-state index in [0.29, 0.717) is 13.1 Å². The monoisotopic (exact) mass is 342 g/mol. The zero-order valence-corrected chi connectivity index (χ0v) is 14.6. The number of aromatic nitrogens is 4. The minimum absolute atomic E-state index is 0.0254. The first-order valence-corrected chi connectivity index (χ1v) is 8.60. The molecule has 0 saturated heterocycles. The highest BCUT2D eigenvalue weighted by Crippen LogP contribution is 2.25. The maximum atomic E-state index is 12.7. The van der Waals surface area contributed by atoms with Gasteiger partial charge in [-0.15, -0.1) is 21.5 Å². The van der Waals surface area contributed by atoms with E-state index in [9.17, 15) is 4.79 Å². The Balaban J connectivity index is 1.55. The summed E-state index contributed by atoms with van der Waals surface area (Å²) < 4.78 is 3.14. The fourth-order valence-electron chi connectivity index (χ4n) is 3.05. The quantitative estimate of drug-likeness (QED) is 0.770. The molecule has 1 amide bonds. The number of hydrogen-bond donors (Lipinski definition) is 1. The Morgan fingerprint density at radius 1 is 1.33 bits per heavy atom. The number of fused-ring (bicyclic) bond motifs is 2. The summed E-state index contributed by atoms with van der Waals surface area (Å²) >= 11 is 1.65. The van der Waals surface area contributed by atoms with Gasteiger partial charge < -0.3 is 9.88 Å². The summed E-state index contributed by atoms with van der Waals surface area (Å²) in [5.41, 5.74) is 1.70. The molecule has 0 radical (unpaired) electrons. The lowest BCUT2D eigenvalue weighted by atomic mass is 10.1. The van der Waals surface area contributed by atoms with Crippen LogP contribution in [0.1, 0.15) is 16.7 Å². The van der Waals surface area contributed by atoms with E-state index in [0.717, 1.165) is 32.6 Å². The fourth-order valence-corrected chi connectivity index (χ4v) is 3.86. The van der Waals surface area contributed by atoms with Crippen LogP contribution in [0.2, 0.25) is 0 Å². The van der Waals surface area contributed by atoms with Gasteiger partial charge in [-0.2, -0.15) is 0 Å². The molecule has 1 aliphatic heterocycles. The zero-order valence-electron chi connectivity index (χ0n) is 13.8. The number of carbonyl (C=O) groups excluding carboxylic acids is 1. The molecule has 24 heavy (non-hydrogen) atoms. The van der Waals surface area contributed by atoms with E-state index < -0.39 is 0 Å². The highest BCUT2D eigenvalue weighted by atomic mass is 32.1. The number of nitrogens with zero attached hydrogens (tertiary/aromatic N) is 5. The lowest BCUT2D eigenvalue weighted by Crippen LogP contribution is -2.48. The van der Waals surface area contributed by atoms with Gasteiger partial charge in [-0.1, -0.05) is 0 Å². The van der Waals surface area contributed by atoms with Crippen molar-refractivity contribution >= 4 is 33.1 Å². The maximum Gasteiger partial charge on any atom is 0.243 e. The van der Waals surface area contributed by atoms with E-state index in [4.69, 9.17) is 0 Å². The number of likely N-dealkylation sites (N-methyl/N-ethyl adjacent to an activating group) is 1. The number of anilines is 1. The molecule has 4 rings (SSSR count). The van der Waals surface area contributed by atoms with Gasteiger partial charge in [0, 0.05) is 5.69 Å². The summed E-state index contributed by atoms with van der Waals surface area (Å²) in [4.78, 5) is 19.2. The highest BCUT2D eigenvalue weighted by Gasteiger charge is 2.31. The number of amides is 1. The van der Waals surface area contributed by atoms with Crippen molar-refractivity contribution in [3.8, 4) is 0 Å². The lowest BCUT2D eigenvalue weighted by molar-refractivity contribution is -0.122. The van der Waals surface area contributed by atoms with Gasteiger partial charge in [0.25, 0.3) is 0 Å². The van der Waals surface area contributed by atoms with Crippen LogP contribution in [0.15, 0.2) is 18.2 Å². The SMILES string of the molecule is Cc1nc2cc(NC(=O)C3Cn4c(C)nnc4CN3C)ccc2s1. The summed E-state index contributed by atoms with van der Waals surface area (Å²) in [6, 6.07) is 5.60. The van der Waals surface area contributed by atoms with Crippen LogP contribution in [-0.2, 0) is 17.9 Å². The highest BCUT2D eigenvalue weighted by molar-refractivity contribution is 7.18. The molecule has 0 fully saturated rings. The first-order chi connectivity index (χ1) is 11.5. The molecule has 3 aromatic rings. The summed E-state index contributed by atoms with van der Waals surface area (Å²) in [5, 5.41) is 12.3. The van der Waals surface area contributed by atoms with Crippen molar-refractivity contribution in [2.24, 2.45) is 0 Å². The van der Waals surface area contributed by atoms with Crippen molar-refractivity contribution in [3.05, 3.63) is 34.9 Å². The van der Waals surface area contributed by atoms with Gasteiger partial charge in [0.05, 0.1) is 28.3 Å². The molecule has 1 unspecified atom stereocenters. The van der Waals surface area contributed by atoms with Gasteiger partial charge >= 0.3 is 0 Å². The molecule has 3 heterocycles. The number of hydrogen-bond acceptors (Lipinski definition) is 6. The first kappa shape index (κ1) is 15.2. The topological polar surface area (TPSA) is 75.9 Å². The number of benzene rings is 1. The average molecular weight is 342 g/mol. The van der Waals surface area contributed by atoms with Gasteiger partial charge in [0.1, 0.15) is 17.7 Å². The van der Waals surface area contributed by atoms with Crippen LogP contribution in [0.5, 0.6) is 0 Å². The van der Waals surface area contributed by atoms with Crippen LogP contribution in [0.3, 0.4) is 0 Å². The molecular formula is C16H18N6OS. The predicted octanol–water partition coefficient (Wildman–Crippen LogP) is 1.96. The van der Waals surface area contributed by atoms with Crippen LogP contribution in [-0.4, -0.2) is 43.6 Å². The number of rotatable bonds is 2. The number of nitrogens with one attached hydrogen (secondary N) is 1. The molecule has 124 valence electrons. The molecule has 0 bridgehead atoms. The summed E-state index contributed by atoms with van der Waals surface area (Å²) in [5.74, 6) is 1.72. The summed E-state index contributed by atoms with van der Waals surface area (Å²) in [6.45, 7) is 5.08. The van der Waals surface area contributed by atoms with Gasteiger partial charge in [0.15, 0.2) is 0 Å². The Kier molecular flexibility index (Phi) is 3.58. The third kappa shape index (κ3) is 2.57. The van der Waals surface area contributed by atoms with Gasteiger partial charge in [-0.25, -0.2) is 4.98 Å². The molecule has 1 aromatic carbocycles. The summed E-state index contributed by atoms with van der Waals surface area (Å²) in [7, 11) is 1.94. The van der Waals surface area contributed by atoms with E-state index >= 15 is 0 Å².